The minimum Gasteiger partial charge on any atom is -0.399 e. The van der Waals surface area contributed by atoms with E-state index in [4.69, 9.17) is 10.5 Å². The van der Waals surface area contributed by atoms with Crippen molar-refractivity contribution in [3.05, 3.63) is 29.8 Å². The number of halogens is 2. The summed E-state index contributed by atoms with van der Waals surface area (Å²) in [5, 5.41) is 3.22. The third-order valence-electron chi connectivity index (χ3n) is 4.98. The highest BCUT2D eigenvalue weighted by molar-refractivity contribution is 5.85. The molecule has 1 aliphatic rings. The monoisotopic (exact) mass is 419 g/mol. The molecule has 1 saturated heterocycles. The number of amides is 1. The maximum absolute atomic E-state index is 12.3. The van der Waals surface area contributed by atoms with E-state index in [9.17, 15) is 4.79 Å². The molecule has 2 atom stereocenters. The van der Waals surface area contributed by atoms with E-state index in [0.717, 1.165) is 56.9 Å². The van der Waals surface area contributed by atoms with Gasteiger partial charge >= 0.3 is 0 Å². The number of para-hydroxylation sites is 1. The van der Waals surface area contributed by atoms with E-state index in [1.54, 1.807) is 0 Å². The summed E-state index contributed by atoms with van der Waals surface area (Å²) in [4.78, 5) is 14.8. The summed E-state index contributed by atoms with van der Waals surface area (Å²) >= 11 is 0. The molecule has 0 spiro atoms. The molecule has 0 radical (unpaired) electrons. The van der Waals surface area contributed by atoms with Crippen LogP contribution in [0.25, 0.3) is 0 Å². The van der Waals surface area contributed by atoms with Crippen LogP contribution in [0.2, 0.25) is 0 Å². The molecule has 3 N–H and O–H groups in total. The van der Waals surface area contributed by atoms with E-state index >= 15 is 0 Å². The number of aryl methyl sites for hydroxylation is 1. The van der Waals surface area contributed by atoms with E-state index in [1.165, 1.54) is 0 Å². The summed E-state index contributed by atoms with van der Waals surface area (Å²) < 4.78 is 5.40. The number of rotatable bonds is 9. The molecule has 7 heteroatoms. The Balaban J connectivity index is 0.00000338. The molecule has 1 aromatic carbocycles. The number of carbonyl (C=O) groups excluding carboxylic acids is 1. The van der Waals surface area contributed by atoms with Crippen LogP contribution in [0.3, 0.4) is 0 Å². The zero-order valence-electron chi connectivity index (χ0n) is 16.5. The minimum absolute atomic E-state index is 0. The molecule has 0 saturated carbocycles. The molecule has 1 aromatic rings. The zero-order chi connectivity index (χ0) is 18.1. The Morgan fingerprint density at radius 2 is 2.07 bits per heavy atom. The normalized spacial score (nSPS) is 19.6. The first-order valence-electron chi connectivity index (χ1n) is 9.53. The third kappa shape index (κ3) is 9.15. The number of nitrogen functional groups attached to an aromatic ring is 1. The number of anilines is 1. The van der Waals surface area contributed by atoms with Gasteiger partial charge in [-0.3, -0.25) is 4.79 Å². The van der Waals surface area contributed by atoms with Gasteiger partial charge in [-0.1, -0.05) is 25.1 Å². The van der Waals surface area contributed by atoms with Crippen molar-refractivity contribution < 1.29 is 9.53 Å². The average Bonchev–Trinajstić information content (AvgIpc) is 2.60. The molecule has 0 aliphatic carbocycles. The minimum atomic E-state index is 0. The van der Waals surface area contributed by atoms with Gasteiger partial charge in [-0.15, -0.1) is 24.8 Å². The summed E-state index contributed by atoms with van der Waals surface area (Å²) in [5.74, 6) is 0.608. The Labute approximate surface area is 176 Å². The largest absolute Gasteiger partial charge is 0.399 e. The first-order valence-corrected chi connectivity index (χ1v) is 9.53. The van der Waals surface area contributed by atoms with Crippen LogP contribution >= 0.6 is 24.8 Å². The fraction of sp³-hybridized carbons (Fsp3) is 0.650. The fourth-order valence-electron chi connectivity index (χ4n) is 3.47. The van der Waals surface area contributed by atoms with Crippen LogP contribution < -0.4 is 11.1 Å². The number of piperidine rings is 1. The number of likely N-dealkylation sites (tertiary alicyclic amines) is 1. The lowest BCUT2D eigenvalue weighted by Gasteiger charge is -2.37. The topological polar surface area (TPSA) is 67.6 Å². The van der Waals surface area contributed by atoms with Crippen LogP contribution in [-0.4, -0.2) is 49.7 Å². The smallest absolute Gasteiger partial charge is 0.220 e. The zero-order valence-corrected chi connectivity index (χ0v) is 18.1. The van der Waals surface area contributed by atoms with Crippen molar-refractivity contribution in [2.75, 3.05) is 38.6 Å². The van der Waals surface area contributed by atoms with Crippen LogP contribution in [0, 0.1) is 5.92 Å². The number of hydrogen-bond donors (Lipinski definition) is 2. The Hall–Kier alpha value is -1.01. The number of benzene rings is 1. The van der Waals surface area contributed by atoms with Crippen molar-refractivity contribution >= 4 is 36.4 Å². The van der Waals surface area contributed by atoms with E-state index in [1.807, 2.05) is 31.2 Å². The molecule has 0 bridgehead atoms. The van der Waals surface area contributed by atoms with Crippen LogP contribution in [0.5, 0.6) is 0 Å². The molecule has 0 aromatic heterocycles. The number of ether oxygens (including phenoxy) is 1. The van der Waals surface area contributed by atoms with Gasteiger partial charge < -0.3 is 20.7 Å². The third-order valence-corrected chi connectivity index (χ3v) is 4.98. The molecular weight excluding hydrogens is 385 g/mol. The van der Waals surface area contributed by atoms with Gasteiger partial charge in [-0.2, -0.15) is 0 Å². The molecule has 2 rings (SSSR count). The van der Waals surface area contributed by atoms with Gasteiger partial charge in [0.1, 0.15) is 0 Å². The lowest BCUT2D eigenvalue weighted by molar-refractivity contribution is -0.122. The molecule has 1 aliphatic heterocycles. The lowest BCUT2D eigenvalue weighted by Crippen LogP contribution is -2.50. The maximum atomic E-state index is 12.3. The van der Waals surface area contributed by atoms with Gasteiger partial charge in [0, 0.05) is 51.0 Å². The molecular formula is C20H35Cl2N3O2. The van der Waals surface area contributed by atoms with Crippen LogP contribution in [-0.2, 0) is 16.0 Å². The summed E-state index contributed by atoms with van der Waals surface area (Å²) in [5.41, 5.74) is 7.76. The number of hydrogen-bond acceptors (Lipinski definition) is 4. The van der Waals surface area contributed by atoms with Crippen molar-refractivity contribution in [3.8, 4) is 0 Å². The fourth-order valence-corrected chi connectivity index (χ4v) is 3.47. The Morgan fingerprint density at radius 1 is 1.33 bits per heavy atom. The summed E-state index contributed by atoms with van der Waals surface area (Å²) in [6.07, 6.45) is 3.30. The Morgan fingerprint density at radius 3 is 2.74 bits per heavy atom. The van der Waals surface area contributed by atoms with E-state index in [-0.39, 0.29) is 36.8 Å². The predicted octanol–water partition coefficient (Wildman–Crippen LogP) is 3.30. The molecule has 156 valence electrons. The van der Waals surface area contributed by atoms with Crippen molar-refractivity contribution in [3.63, 3.8) is 0 Å². The highest BCUT2D eigenvalue weighted by Crippen LogP contribution is 2.18. The first-order chi connectivity index (χ1) is 12.1. The van der Waals surface area contributed by atoms with Crippen molar-refractivity contribution in [2.24, 2.45) is 5.92 Å². The first kappa shape index (κ1) is 26.0. The summed E-state index contributed by atoms with van der Waals surface area (Å²) in [6, 6.07) is 8.04. The number of nitrogens with two attached hydrogens (primary N) is 1. The summed E-state index contributed by atoms with van der Waals surface area (Å²) in [6.45, 7) is 9.06. The number of nitrogens with zero attached hydrogens (tertiary/aromatic N) is 1. The second-order valence-electron chi connectivity index (χ2n) is 6.99. The van der Waals surface area contributed by atoms with Crippen LogP contribution in [0.15, 0.2) is 24.3 Å². The van der Waals surface area contributed by atoms with Crippen molar-refractivity contribution in [1.29, 1.82) is 0 Å². The van der Waals surface area contributed by atoms with Gasteiger partial charge in [0.2, 0.25) is 5.91 Å². The Kier molecular flexibility index (Phi) is 13.5. The summed E-state index contributed by atoms with van der Waals surface area (Å²) in [7, 11) is 0. The molecule has 2 unspecified atom stereocenters. The SMILES string of the molecule is CCOCCCN1CCC(NC(=O)CCc2ccccc2N)C(C)C1.Cl.Cl. The highest BCUT2D eigenvalue weighted by atomic mass is 35.5. The number of carbonyl (C=O) groups is 1. The average molecular weight is 420 g/mol. The molecule has 5 nitrogen and oxygen atoms in total. The van der Waals surface area contributed by atoms with Gasteiger partial charge in [0.15, 0.2) is 0 Å². The highest BCUT2D eigenvalue weighted by Gasteiger charge is 2.26. The Bertz CT molecular complexity index is 546. The van der Waals surface area contributed by atoms with Crippen LogP contribution in [0.4, 0.5) is 5.69 Å². The molecule has 1 fully saturated rings. The molecule has 27 heavy (non-hydrogen) atoms. The van der Waals surface area contributed by atoms with E-state index < -0.39 is 0 Å². The molecule has 1 heterocycles. The second-order valence-corrected chi connectivity index (χ2v) is 6.99. The maximum Gasteiger partial charge on any atom is 0.220 e. The standard InChI is InChI=1S/C20H33N3O2.2ClH/c1-3-25-14-6-12-23-13-11-19(16(2)15-23)22-20(24)10-9-17-7-4-5-8-18(17)21;;/h4-5,7-8,16,19H,3,6,9-15,21H2,1-2H3,(H,22,24);2*1H. The van der Waals surface area contributed by atoms with Gasteiger partial charge in [0.05, 0.1) is 0 Å². The van der Waals surface area contributed by atoms with Gasteiger partial charge in [0.25, 0.3) is 0 Å². The second kappa shape index (κ2) is 14.1. The number of nitrogens with one attached hydrogen (secondary N) is 1. The van der Waals surface area contributed by atoms with Crippen molar-refractivity contribution in [2.45, 2.75) is 45.6 Å². The van der Waals surface area contributed by atoms with Gasteiger partial charge in [-0.05, 0) is 43.7 Å². The van der Waals surface area contributed by atoms with Crippen LogP contribution in [0.1, 0.15) is 38.7 Å². The quantitative estimate of drug-likeness (QED) is 0.475. The van der Waals surface area contributed by atoms with Crippen molar-refractivity contribution in [1.82, 2.24) is 10.2 Å². The van der Waals surface area contributed by atoms with E-state index in [2.05, 4.69) is 17.1 Å². The van der Waals surface area contributed by atoms with E-state index in [0.29, 0.717) is 18.8 Å². The molecule has 1 amide bonds. The lowest BCUT2D eigenvalue weighted by atomic mass is 9.93. The predicted molar refractivity (Wildman–Crippen MR) is 117 cm³/mol. The van der Waals surface area contributed by atoms with Gasteiger partial charge in [-0.25, -0.2) is 0 Å².